The first-order chi connectivity index (χ1) is 16.0. The van der Waals surface area contributed by atoms with E-state index in [9.17, 15) is 14.4 Å². The summed E-state index contributed by atoms with van der Waals surface area (Å²) in [6, 6.07) is 10.0. The fourth-order valence-corrected chi connectivity index (χ4v) is 3.96. The smallest absolute Gasteiger partial charge is 0.333 e. The minimum absolute atomic E-state index is 0.0745. The summed E-state index contributed by atoms with van der Waals surface area (Å²) in [6.07, 6.45) is 6.81. The lowest BCUT2D eigenvalue weighted by molar-refractivity contribution is -0.122. The molecule has 1 unspecified atom stereocenters. The molecule has 1 aromatic carbocycles. The maximum Gasteiger partial charge on any atom is 0.333 e. The third-order valence-electron chi connectivity index (χ3n) is 5.89. The number of carbonyl (C=O) groups is 1. The summed E-state index contributed by atoms with van der Waals surface area (Å²) >= 11 is 0. The van der Waals surface area contributed by atoms with Crippen LogP contribution in [0.5, 0.6) is 0 Å². The number of nitrogens with zero attached hydrogens (tertiary/aromatic N) is 4. The van der Waals surface area contributed by atoms with Crippen molar-refractivity contribution in [2.45, 2.75) is 85.0 Å². The number of nitrogens with one attached hydrogen (secondary N) is 1. The van der Waals surface area contributed by atoms with Gasteiger partial charge in [0, 0.05) is 19.1 Å². The molecule has 3 aromatic rings. The quantitative estimate of drug-likeness (QED) is 0.456. The van der Waals surface area contributed by atoms with Gasteiger partial charge in [-0.25, -0.2) is 14.3 Å². The van der Waals surface area contributed by atoms with Crippen LogP contribution >= 0.6 is 0 Å². The van der Waals surface area contributed by atoms with Crippen molar-refractivity contribution >= 4 is 17.1 Å². The molecule has 2 heterocycles. The molecule has 0 aliphatic heterocycles. The van der Waals surface area contributed by atoms with Crippen LogP contribution in [0.25, 0.3) is 11.2 Å². The van der Waals surface area contributed by atoms with Gasteiger partial charge in [0.1, 0.15) is 6.54 Å². The molecule has 178 valence electrons. The van der Waals surface area contributed by atoms with Crippen LogP contribution in [0, 0.1) is 0 Å². The minimum Gasteiger partial charge on any atom is -0.352 e. The first-order valence-corrected chi connectivity index (χ1v) is 12.0. The molecule has 0 saturated carbocycles. The van der Waals surface area contributed by atoms with E-state index in [1.807, 2.05) is 32.0 Å². The van der Waals surface area contributed by atoms with Crippen LogP contribution in [0.3, 0.4) is 0 Å². The van der Waals surface area contributed by atoms with Crippen molar-refractivity contribution in [3.8, 4) is 0 Å². The van der Waals surface area contributed by atoms with Gasteiger partial charge in [-0.1, -0.05) is 57.0 Å². The van der Waals surface area contributed by atoms with Crippen LogP contribution in [0.4, 0.5) is 0 Å². The molecule has 8 heteroatoms. The SMILES string of the molecule is CCCCn1cnc2c1c(=O)n(CC(=O)NC(C)CCc1ccccc1)c(=O)n2CCCC. The van der Waals surface area contributed by atoms with Gasteiger partial charge in [-0.2, -0.15) is 0 Å². The van der Waals surface area contributed by atoms with Crippen LogP contribution in [0.1, 0.15) is 58.4 Å². The third kappa shape index (κ3) is 6.00. The summed E-state index contributed by atoms with van der Waals surface area (Å²) in [5, 5.41) is 2.94. The molecular weight excluding hydrogens is 418 g/mol. The number of unbranched alkanes of at least 4 members (excludes halogenated alkanes) is 2. The van der Waals surface area contributed by atoms with E-state index in [1.54, 1.807) is 10.9 Å². The first kappa shape index (κ1) is 24.5. The molecular formula is C25H35N5O3. The Kier molecular flexibility index (Phi) is 8.63. The van der Waals surface area contributed by atoms with Crippen molar-refractivity contribution in [3.63, 3.8) is 0 Å². The maximum absolute atomic E-state index is 13.3. The Morgan fingerprint density at radius 1 is 1.03 bits per heavy atom. The van der Waals surface area contributed by atoms with Crippen molar-refractivity contribution in [1.82, 2.24) is 24.0 Å². The van der Waals surface area contributed by atoms with Gasteiger partial charge in [-0.05, 0) is 38.2 Å². The largest absolute Gasteiger partial charge is 0.352 e. The summed E-state index contributed by atoms with van der Waals surface area (Å²) in [5.41, 5.74) is 1.07. The number of imidazole rings is 1. The van der Waals surface area contributed by atoms with Crippen molar-refractivity contribution < 1.29 is 4.79 Å². The fraction of sp³-hybridized carbons (Fsp3) is 0.520. The molecule has 0 bridgehead atoms. The molecule has 2 aromatic heterocycles. The molecule has 0 radical (unpaired) electrons. The van der Waals surface area contributed by atoms with Crippen LogP contribution in [-0.4, -0.2) is 30.6 Å². The van der Waals surface area contributed by atoms with Gasteiger partial charge in [0.05, 0.1) is 6.33 Å². The molecule has 33 heavy (non-hydrogen) atoms. The van der Waals surface area contributed by atoms with E-state index < -0.39 is 11.2 Å². The Morgan fingerprint density at radius 2 is 1.73 bits per heavy atom. The average molecular weight is 454 g/mol. The van der Waals surface area contributed by atoms with E-state index in [0.717, 1.165) is 43.1 Å². The first-order valence-electron chi connectivity index (χ1n) is 12.0. The molecule has 0 saturated heterocycles. The number of amides is 1. The van der Waals surface area contributed by atoms with E-state index >= 15 is 0 Å². The van der Waals surface area contributed by atoms with Crippen LogP contribution in [-0.2, 0) is 30.8 Å². The molecule has 1 amide bonds. The molecule has 0 aliphatic rings. The van der Waals surface area contributed by atoms with E-state index in [1.165, 1.54) is 10.1 Å². The summed E-state index contributed by atoms with van der Waals surface area (Å²) in [4.78, 5) is 43.6. The van der Waals surface area contributed by atoms with Gasteiger partial charge in [-0.15, -0.1) is 0 Å². The van der Waals surface area contributed by atoms with Gasteiger partial charge in [0.15, 0.2) is 11.2 Å². The lowest BCUT2D eigenvalue weighted by Crippen LogP contribution is -2.45. The Labute approximate surface area is 194 Å². The Balaban J connectivity index is 1.82. The summed E-state index contributed by atoms with van der Waals surface area (Å²) in [6.45, 7) is 6.88. The second kappa shape index (κ2) is 11.6. The summed E-state index contributed by atoms with van der Waals surface area (Å²) < 4.78 is 4.40. The zero-order chi connectivity index (χ0) is 23.8. The van der Waals surface area contributed by atoms with Gasteiger partial charge < -0.3 is 9.88 Å². The highest BCUT2D eigenvalue weighted by Crippen LogP contribution is 2.10. The van der Waals surface area contributed by atoms with E-state index in [-0.39, 0.29) is 18.5 Å². The number of benzene rings is 1. The Bertz CT molecular complexity index is 1180. The van der Waals surface area contributed by atoms with E-state index in [0.29, 0.717) is 24.3 Å². The van der Waals surface area contributed by atoms with Crippen molar-refractivity contribution in [2.75, 3.05) is 0 Å². The topological polar surface area (TPSA) is 90.9 Å². The summed E-state index contributed by atoms with van der Waals surface area (Å²) in [7, 11) is 0. The van der Waals surface area contributed by atoms with Crippen molar-refractivity contribution in [3.05, 3.63) is 63.1 Å². The highest BCUT2D eigenvalue weighted by molar-refractivity contribution is 5.77. The third-order valence-corrected chi connectivity index (χ3v) is 5.89. The Hall–Kier alpha value is -3.16. The number of hydrogen-bond donors (Lipinski definition) is 1. The van der Waals surface area contributed by atoms with Crippen molar-refractivity contribution in [1.29, 1.82) is 0 Å². The number of aryl methyl sites for hydroxylation is 3. The number of carbonyl (C=O) groups excluding carboxylic acids is 1. The highest BCUT2D eigenvalue weighted by Gasteiger charge is 2.20. The zero-order valence-electron chi connectivity index (χ0n) is 19.9. The second-order valence-corrected chi connectivity index (χ2v) is 8.64. The predicted octanol–water partition coefficient (Wildman–Crippen LogP) is 3.10. The number of rotatable bonds is 12. The number of hydrogen-bond acceptors (Lipinski definition) is 4. The minimum atomic E-state index is -0.478. The maximum atomic E-state index is 13.3. The molecule has 0 aliphatic carbocycles. The average Bonchev–Trinajstić information content (AvgIpc) is 3.23. The molecule has 3 rings (SSSR count). The molecule has 1 N–H and O–H groups in total. The van der Waals surface area contributed by atoms with Gasteiger partial charge in [0.2, 0.25) is 5.91 Å². The monoisotopic (exact) mass is 453 g/mol. The van der Waals surface area contributed by atoms with Crippen LogP contribution < -0.4 is 16.6 Å². The Morgan fingerprint density at radius 3 is 2.42 bits per heavy atom. The highest BCUT2D eigenvalue weighted by atomic mass is 16.2. The second-order valence-electron chi connectivity index (χ2n) is 8.64. The fourth-order valence-electron chi connectivity index (χ4n) is 3.96. The standard InChI is InChI=1S/C25H35N5O3/c1-4-6-15-28-18-26-23-22(28)24(32)30(25(33)29(23)16-7-5-2)17-21(31)27-19(3)13-14-20-11-9-8-10-12-20/h8-12,18-19H,4-7,13-17H2,1-3H3,(H,27,31). The summed E-state index contributed by atoms with van der Waals surface area (Å²) in [5.74, 6) is -0.337. The van der Waals surface area contributed by atoms with E-state index in [2.05, 4.69) is 29.4 Å². The van der Waals surface area contributed by atoms with Gasteiger partial charge >= 0.3 is 5.69 Å². The lowest BCUT2D eigenvalue weighted by atomic mass is 10.1. The van der Waals surface area contributed by atoms with Gasteiger partial charge in [-0.3, -0.25) is 14.2 Å². The normalized spacial score (nSPS) is 12.2. The molecule has 0 spiro atoms. The number of fused-ring (bicyclic) bond motifs is 1. The molecule has 1 atom stereocenters. The van der Waals surface area contributed by atoms with Crippen LogP contribution in [0.15, 0.2) is 46.2 Å². The predicted molar refractivity (Wildman–Crippen MR) is 130 cm³/mol. The molecule has 0 fully saturated rings. The van der Waals surface area contributed by atoms with Crippen LogP contribution in [0.2, 0.25) is 0 Å². The lowest BCUT2D eigenvalue weighted by Gasteiger charge is -2.16. The molecule has 8 nitrogen and oxygen atoms in total. The number of aromatic nitrogens is 4. The zero-order valence-corrected chi connectivity index (χ0v) is 19.9. The van der Waals surface area contributed by atoms with Crippen molar-refractivity contribution in [2.24, 2.45) is 0 Å². The van der Waals surface area contributed by atoms with E-state index in [4.69, 9.17) is 0 Å². The van der Waals surface area contributed by atoms with Gasteiger partial charge in [0.25, 0.3) is 5.56 Å².